The standard InChI is InChI=1S/C6H10O4.C6H14O2.C4H6O2/c7-5(8)3-1-2-4-6(9)10;7-5-3-1-2-4-6-8;1-3-4(5)6-2/h1-4H2,(H,7,8)(H,9,10);7-8H,1-6H2;3H,1H2,2H3. The van der Waals surface area contributed by atoms with E-state index in [0.717, 1.165) is 31.8 Å². The van der Waals surface area contributed by atoms with Crippen molar-refractivity contribution in [3.63, 3.8) is 0 Å². The second-order valence-electron chi connectivity index (χ2n) is 4.58. The number of unbranched alkanes of at least 4 members (excludes halogenated alkanes) is 4. The number of carbonyl (C=O) groups excluding carboxylic acids is 1. The van der Waals surface area contributed by atoms with Gasteiger partial charge in [0.2, 0.25) is 0 Å². The molecule has 0 amide bonds. The number of carbonyl (C=O) groups is 3. The van der Waals surface area contributed by atoms with Gasteiger partial charge in [-0.2, -0.15) is 0 Å². The summed E-state index contributed by atoms with van der Waals surface area (Å²) in [7, 11) is 1.31. The summed E-state index contributed by atoms with van der Waals surface area (Å²) in [6.45, 7) is 3.72. The molecule has 0 aromatic heterocycles. The first-order chi connectivity index (χ1) is 11.3. The van der Waals surface area contributed by atoms with Crippen molar-refractivity contribution in [2.24, 2.45) is 0 Å². The highest BCUT2D eigenvalue weighted by Gasteiger charge is 1.99. The zero-order chi connectivity index (χ0) is 19.2. The van der Waals surface area contributed by atoms with Crippen LogP contribution in [-0.2, 0) is 19.1 Å². The monoisotopic (exact) mass is 350 g/mol. The van der Waals surface area contributed by atoms with Crippen LogP contribution in [0.4, 0.5) is 0 Å². The molecule has 0 heterocycles. The van der Waals surface area contributed by atoms with Gasteiger partial charge in [0.25, 0.3) is 0 Å². The van der Waals surface area contributed by atoms with Crippen LogP contribution in [0.2, 0.25) is 0 Å². The van der Waals surface area contributed by atoms with Crippen molar-refractivity contribution in [3.05, 3.63) is 12.7 Å². The van der Waals surface area contributed by atoms with Gasteiger partial charge < -0.3 is 25.2 Å². The molecule has 0 atom stereocenters. The number of carboxylic acid groups (broad SMARTS) is 2. The molecule has 142 valence electrons. The molecule has 0 aromatic rings. The third-order valence-electron chi connectivity index (χ3n) is 2.47. The maximum absolute atomic E-state index is 9.90. The fourth-order valence-corrected chi connectivity index (χ4v) is 1.21. The summed E-state index contributed by atoms with van der Waals surface area (Å²) in [6.07, 6.45) is 5.96. The predicted octanol–water partition coefficient (Wildman–Crippen LogP) is 1.59. The average Bonchev–Trinajstić information content (AvgIpc) is 2.56. The van der Waals surface area contributed by atoms with Crippen LogP contribution in [0, 0.1) is 0 Å². The Labute approximate surface area is 142 Å². The minimum absolute atomic E-state index is 0.0628. The Kier molecular flexibility index (Phi) is 26.2. The molecule has 0 saturated heterocycles. The number of carboxylic acids is 2. The van der Waals surface area contributed by atoms with Gasteiger partial charge in [-0.1, -0.05) is 19.4 Å². The molecule has 4 N–H and O–H groups in total. The SMILES string of the molecule is C=CC(=O)OC.O=C(O)CCCCC(=O)O.OCCCCCCO. The summed E-state index contributed by atoms with van der Waals surface area (Å²) < 4.78 is 4.14. The number of aliphatic hydroxyl groups is 2. The van der Waals surface area contributed by atoms with E-state index in [0.29, 0.717) is 12.8 Å². The Balaban J connectivity index is -0.000000285. The Hall–Kier alpha value is -1.93. The average molecular weight is 350 g/mol. The van der Waals surface area contributed by atoms with E-state index >= 15 is 0 Å². The van der Waals surface area contributed by atoms with Gasteiger partial charge in [-0.05, 0) is 25.7 Å². The first-order valence-electron chi connectivity index (χ1n) is 7.71. The fourth-order valence-electron chi connectivity index (χ4n) is 1.21. The number of hydrogen-bond donors (Lipinski definition) is 4. The molecule has 0 unspecified atom stereocenters. The zero-order valence-electron chi connectivity index (χ0n) is 14.3. The summed E-state index contributed by atoms with van der Waals surface area (Å²) in [4.78, 5) is 29.6. The van der Waals surface area contributed by atoms with E-state index in [9.17, 15) is 14.4 Å². The normalized spacial score (nSPS) is 8.79. The van der Waals surface area contributed by atoms with Gasteiger partial charge in [0.15, 0.2) is 0 Å². The summed E-state index contributed by atoms with van der Waals surface area (Å²) in [5, 5.41) is 32.9. The lowest BCUT2D eigenvalue weighted by Crippen LogP contribution is -1.97. The molecule has 24 heavy (non-hydrogen) atoms. The Morgan fingerprint density at radius 3 is 1.38 bits per heavy atom. The van der Waals surface area contributed by atoms with Crippen molar-refractivity contribution in [2.45, 2.75) is 51.4 Å². The minimum atomic E-state index is -0.870. The molecule has 0 radical (unpaired) electrons. The number of aliphatic hydroxyl groups excluding tert-OH is 2. The van der Waals surface area contributed by atoms with E-state index < -0.39 is 17.9 Å². The molecule has 0 aliphatic heterocycles. The number of aliphatic carboxylic acids is 2. The van der Waals surface area contributed by atoms with E-state index in [1.807, 2.05) is 0 Å². The van der Waals surface area contributed by atoms with Crippen LogP contribution in [0.3, 0.4) is 0 Å². The highest BCUT2D eigenvalue weighted by molar-refractivity contribution is 5.80. The lowest BCUT2D eigenvalue weighted by Gasteiger charge is -1.93. The molecule has 0 aliphatic rings. The van der Waals surface area contributed by atoms with Gasteiger partial charge in [0.05, 0.1) is 7.11 Å². The van der Waals surface area contributed by atoms with Gasteiger partial charge in [0, 0.05) is 32.1 Å². The van der Waals surface area contributed by atoms with Crippen LogP contribution < -0.4 is 0 Å². The van der Waals surface area contributed by atoms with Gasteiger partial charge >= 0.3 is 17.9 Å². The number of esters is 1. The van der Waals surface area contributed by atoms with Gasteiger partial charge in [-0.15, -0.1) is 0 Å². The smallest absolute Gasteiger partial charge is 0.329 e. The molecule has 0 bridgehead atoms. The van der Waals surface area contributed by atoms with Crippen molar-refractivity contribution >= 4 is 17.9 Å². The molecular weight excluding hydrogens is 320 g/mol. The first-order valence-corrected chi connectivity index (χ1v) is 7.71. The minimum Gasteiger partial charge on any atom is -0.481 e. The molecule has 0 fully saturated rings. The van der Waals surface area contributed by atoms with Crippen LogP contribution in [0.1, 0.15) is 51.4 Å². The Bertz CT molecular complexity index is 306. The highest BCUT2D eigenvalue weighted by atomic mass is 16.5. The lowest BCUT2D eigenvalue weighted by atomic mass is 10.2. The zero-order valence-corrected chi connectivity index (χ0v) is 14.3. The molecule has 8 heteroatoms. The van der Waals surface area contributed by atoms with Crippen LogP contribution in [0.15, 0.2) is 12.7 Å². The summed E-state index contributed by atoms with van der Waals surface area (Å²) in [5.74, 6) is -2.13. The molecule has 0 saturated carbocycles. The highest BCUT2D eigenvalue weighted by Crippen LogP contribution is 1.98. The maximum atomic E-state index is 9.90. The van der Waals surface area contributed by atoms with Crippen molar-refractivity contribution in [1.29, 1.82) is 0 Å². The number of ether oxygens (including phenoxy) is 1. The third kappa shape index (κ3) is 36.9. The van der Waals surface area contributed by atoms with Crippen molar-refractivity contribution in [3.8, 4) is 0 Å². The quantitative estimate of drug-likeness (QED) is 0.250. The molecule has 0 aromatic carbocycles. The molecule has 0 spiro atoms. The van der Waals surface area contributed by atoms with Crippen molar-refractivity contribution < 1.29 is 39.5 Å². The topological polar surface area (TPSA) is 141 Å². The summed E-state index contributed by atoms with van der Waals surface area (Å²) in [6, 6.07) is 0. The largest absolute Gasteiger partial charge is 0.481 e. The summed E-state index contributed by atoms with van der Waals surface area (Å²) >= 11 is 0. The van der Waals surface area contributed by atoms with Gasteiger partial charge in [-0.3, -0.25) is 9.59 Å². The van der Waals surface area contributed by atoms with Gasteiger partial charge in [0.1, 0.15) is 0 Å². The molecule has 0 rings (SSSR count). The first kappa shape index (κ1) is 26.9. The fraction of sp³-hybridized carbons (Fsp3) is 0.688. The number of methoxy groups -OCH3 is 1. The number of hydrogen-bond acceptors (Lipinski definition) is 6. The third-order valence-corrected chi connectivity index (χ3v) is 2.47. The van der Waals surface area contributed by atoms with Crippen LogP contribution >= 0.6 is 0 Å². The van der Waals surface area contributed by atoms with E-state index in [2.05, 4.69) is 11.3 Å². The van der Waals surface area contributed by atoms with E-state index in [1.165, 1.54) is 7.11 Å². The molecule has 0 aliphatic carbocycles. The van der Waals surface area contributed by atoms with Crippen LogP contribution in [-0.4, -0.2) is 58.7 Å². The number of rotatable bonds is 11. The Morgan fingerprint density at radius 2 is 1.21 bits per heavy atom. The van der Waals surface area contributed by atoms with Crippen LogP contribution in [0.25, 0.3) is 0 Å². The van der Waals surface area contributed by atoms with Crippen molar-refractivity contribution in [2.75, 3.05) is 20.3 Å². The second-order valence-corrected chi connectivity index (χ2v) is 4.58. The summed E-state index contributed by atoms with van der Waals surface area (Å²) in [5.41, 5.74) is 0. The van der Waals surface area contributed by atoms with E-state index in [-0.39, 0.29) is 26.1 Å². The lowest BCUT2D eigenvalue weighted by molar-refractivity contribution is -0.139. The van der Waals surface area contributed by atoms with Gasteiger partial charge in [-0.25, -0.2) is 4.79 Å². The van der Waals surface area contributed by atoms with Crippen LogP contribution in [0.5, 0.6) is 0 Å². The van der Waals surface area contributed by atoms with Crippen molar-refractivity contribution in [1.82, 2.24) is 0 Å². The molecule has 8 nitrogen and oxygen atoms in total. The van der Waals surface area contributed by atoms with E-state index in [1.54, 1.807) is 0 Å². The maximum Gasteiger partial charge on any atom is 0.329 e. The predicted molar refractivity (Wildman–Crippen MR) is 88.6 cm³/mol. The van der Waals surface area contributed by atoms with E-state index in [4.69, 9.17) is 20.4 Å². The Morgan fingerprint density at radius 1 is 0.833 bits per heavy atom. The second kappa shape index (κ2) is 23.3. The molecular formula is C16H30O8.